The van der Waals surface area contributed by atoms with Gasteiger partial charge in [-0.25, -0.2) is 8.78 Å². The number of fused-ring (bicyclic) bond motifs is 3. The van der Waals surface area contributed by atoms with Gasteiger partial charge in [-0.1, -0.05) is 30.3 Å². The molecule has 0 saturated carbocycles. The lowest BCUT2D eigenvalue weighted by Gasteiger charge is -2.42. The predicted octanol–water partition coefficient (Wildman–Crippen LogP) is 4.51. The Balaban J connectivity index is 1.20. The van der Waals surface area contributed by atoms with E-state index in [0.29, 0.717) is 60.1 Å². The Morgan fingerprint density at radius 2 is 1.97 bits per heavy atom. The largest absolute Gasteiger partial charge is 0.342 e. The van der Waals surface area contributed by atoms with Gasteiger partial charge in [0.05, 0.1) is 5.69 Å². The van der Waals surface area contributed by atoms with Crippen molar-refractivity contribution in [3.8, 4) is 0 Å². The number of piperidine rings is 1. The van der Waals surface area contributed by atoms with Crippen LogP contribution in [0, 0.1) is 12.3 Å². The van der Waals surface area contributed by atoms with Crippen LogP contribution in [0.15, 0.2) is 41.2 Å². The molecule has 4 aromatic rings. The van der Waals surface area contributed by atoms with Gasteiger partial charge in [0.15, 0.2) is 5.65 Å². The molecule has 2 aliphatic carbocycles. The van der Waals surface area contributed by atoms with Gasteiger partial charge in [-0.15, -0.1) is 0 Å². The predicted molar refractivity (Wildman–Crippen MR) is 145 cm³/mol. The van der Waals surface area contributed by atoms with E-state index < -0.39 is 6.43 Å². The Bertz CT molecular complexity index is 1700. The summed E-state index contributed by atoms with van der Waals surface area (Å²) in [5, 5.41) is 7.52. The molecule has 0 amide bonds. The Morgan fingerprint density at radius 3 is 2.74 bits per heavy atom. The summed E-state index contributed by atoms with van der Waals surface area (Å²) >= 11 is 0. The van der Waals surface area contributed by atoms with Crippen molar-refractivity contribution in [2.24, 2.45) is 11.1 Å². The molecule has 1 aromatic carbocycles. The number of halogens is 2. The average Bonchev–Trinajstić information content (AvgIpc) is 3.47. The van der Waals surface area contributed by atoms with Crippen LogP contribution < -0.4 is 16.2 Å². The molecule has 0 unspecified atom stereocenters. The molecule has 1 spiro atoms. The fraction of sp³-hybridized carbons (Fsp3) is 0.379. The van der Waals surface area contributed by atoms with Gasteiger partial charge in [0.2, 0.25) is 5.95 Å². The Labute approximate surface area is 223 Å². The number of H-pyrrole nitrogens is 2. The van der Waals surface area contributed by atoms with Crippen LogP contribution in [0.1, 0.15) is 71.1 Å². The number of anilines is 1. The molecule has 0 bridgehead atoms. The summed E-state index contributed by atoms with van der Waals surface area (Å²) in [5.41, 5.74) is 11.6. The van der Waals surface area contributed by atoms with Crippen molar-refractivity contribution in [1.82, 2.24) is 25.1 Å². The lowest BCUT2D eigenvalue weighted by Crippen LogP contribution is -2.45. The van der Waals surface area contributed by atoms with E-state index >= 15 is 0 Å². The number of nitrogens with one attached hydrogen (secondary N) is 2. The first kappa shape index (κ1) is 24.1. The van der Waals surface area contributed by atoms with E-state index in [1.165, 1.54) is 17.2 Å². The molecule has 200 valence electrons. The van der Waals surface area contributed by atoms with Gasteiger partial charge in [0.1, 0.15) is 5.39 Å². The number of rotatable bonds is 3. The summed E-state index contributed by atoms with van der Waals surface area (Å²) in [6, 6.07) is 9.82. The summed E-state index contributed by atoms with van der Waals surface area (Å²) in [6.07, 6.45) is 3.16. The van der Waals surface area contributed by atoms with E-state index in [1.54, 1.807) is 6.92 Å². The number of hydrogen-bond acceptors (Lipinski definition) is 6. The second kappa shape index (κ2) is 8.81. The first-order chi connectivity index (χ1) is 18.8. The fourth-order valence-electron chi connectivity index (χ4n) is 6.85. The molecule has 4 N–H and O–H groups in total. The van der Waals surface area contributed by atoms with Crippen LogP contribution in [0.2, 0.25) is 0 Å². The maximum Gasteiger partial charge on any atom is 0.264 e. The highest BCUT2D eigenvalue weighted by atomic mass is 19.3. The van der Waals surface area contributed by atoms with Crippen molar-refractivity contribution in [3.63, 3.8) is 0 Å². The zero-order valence-electron chi connectivity index (χ0n) is 21.6. The molecule has 1 atom stereocenters. The van der Waals surface area contributed by atoms with E-state index in [0.717, 1.165) is 19.3 Å². The normalized spacial score (nSPS) is 20.0. The number of benzene rings is 1. The summed E-state index contributed by atoms with van der Waals surface area (Å²) < 4.78 is 28.1. The Hall–Kier alpha value is -3.92. The van der Waals surface area contributed by atoms with Crippen LogP contribution in [0.3, 0.4) is 0 Å². The number of nitrogens with two attached hydrogens (primary N) is 1. The number of aryl methyl sites for hydroxylation is 2. The summed E-state index contributed by atoms with van der Waals surface area (Å²) in [6.45, 7) is 3.15. The second-order valence-electron chi connectivity index (χ2n) is 11.0. The van der Waals surface area contributed by atoms with Crippen molar-refractivity contribution >= 4 is 22.6 Å². The van der Waals surface area contributed by atoms with Gasteiger partial charge in [-0.3, -0.25) is 19.9 Å². The quantitative estimate of drug-likeness (QED) is 0.360. The van der Waals surface area contributed by atoms with Crippen molar-refractivity contribution in [1.29, 1.82) is 0 Å². The number of hydrogen-bond donors (Lipinski definition) is 3. The smallest absolute Gasteiger partial charge is 0.264 e. The van der Waals surface area contributed by atoms with Gasteiger partial charge >= 0.3 is 0 Å². The number of aromatic nitrogens is 5. The minimum atomic E-state index is -2.66. The molecule has 3 aromatic heterocycles. The zero-order valence-corrected chi connectivity index (χ0v) is 21.6. The maximum absolute atomic E-state index is 14.0. The van der Waals surface area contributed by atoms with E-state index in [2.05, 4.69) is 48.2 Å². The molecule has 3 aliphatic rings. The molecule has 1 fully saturated rings. The maximum atomic E-state index is 14.0. The van der Waals surface area contributed by atoms with E-state index in [-0.39, 0.29) is 33.6 Å². The third-order valence-corrected chi connectivity index (χ3v) is 8.82. The highest BCUT2D eigenvalue weighted by Gasteiger charge is 2.46. The summed E-state index contributed by atoms with van der Waals surface area (Å²) in [5.74, 6) is 0.466. The molecule has 1 aliphatic heterocycles. The number of aromatic amines is 2. The van der Waals surface area contributed by atoms with Crippen molar-refractivity contribution < 1.29 is 8.78 Å². The third kappa shape index (κ3) is 3.72. The molecule has 4 heterocycles. The molecule has 1 saturated heterocycles. The summed E-state index contributed by atoms with van der Waals surface area (Å²) in [7, 11) is 0. The first-order valence-electron chi connectivity index (χ1n) is 13.4. The standard InChI is InChI=1S/C29H29F2N7O/c1-15-13-19(25(30)31)21-18(7-4-8-20(21)33-15)23-22-26(37-36-23)34-28(35-27(22)39)38-11-9-29(10-12-38)14-16-5-2-3-6-17(16)24(29)32/h2-3,5-7,13,24-25H,4,8-12,14,32H2,1H3,(H2,34,35,36,37,39)/t24-/m1/s1. The van der Waals surface area contributed by atoms with E-state index in [4.69, 9.17) is 5.73 Å². The van der Waals surface area contributed by atoms with E-state index in [9.17, 15) is 13.6 Å². The molecule has 39 heavy (non-hydrogen) atoms. The van der Waals surface area contributed by atoms with Crippen molar-refractivity contribution in [3.05, 3.63) is 86.1 Å². The van der Waals surface area contributed by atoms with Crippen LogP contribution in [0.5, 0.6) is 0 Å². The fourth-order valence-corrected chi connectivity index (χ4v) is 6.85. The highest BCUT2D eigenvalue weighted by molar-refractivity contribution is 5.94. The van der Waals surface area contributed by atoms with Gasteiger partial charge in [-0.05, 0) is 61.6 Å². The molecule has 10 heteroatoms. The minimum absolute atomic E-state index is 0.00212. The molecule has 8 nitrogen and oxygen atoms in total. The lowest BCUT2D eigenvalue weighted by molar-refractivity contribution is 0.150. The topological polar surface area (TPSA) is 117 Å². The Kier molecular flexibility index (Phi) is 5.45. The summed E-state index contributed by atoms with van der Waals surface area (Å²) in [4.78, 5) is 27.6. The highest BCUT2D eigenvalue weighted by Crippen LogP contribution is 2.50. The Morgan fingerprint density at radius 1 is 1.18 bits per heavy atom. The van der Waals surface area contributed by atoms with Crippen molar-refractivity contribution in [2.45, 2.75) is 51.5 Å². The molecular weight excluding hydrogens is 500 g/mol. The van der Waals surface area contributed by atoms with E-state index in [1.807, 2.05) is 12.1 Å². The third-order valence-electron chi connectivity index (χ3n) is 8.82. The van der Waals surface area contributed by atoms with Gasteiger partial charge in [0.25, 0.3) is 12.0 Å². The first-order valence-corrected chi connectivity index (χ1v) is 13.4. The van der Waals surface area contributed by atoms with Crippen LogP contribution >= 0.6 is 0 Å². The number of alkyl halides is 2. The minimum Gasteiger partial charge on any atom is -0.342 e. The zero-order chi connectivity index (χ0) is 26.9. The van der Waals surface area contributed by atoms with Crippen LogP contribution in [-0.2, 0) is 12.8 Å². The van der Waals surface area contributed by atoms with Crippen molar-refractivity contribution in [2.75, 3.05) is 18.0 Å². The van der Waals surface area contributed by atoms with Gasteiger partial charge in [0, 0.05) is 47.2 Å². The van der Waals surface area contributed by atoms with Crippen LogP contribution in [0.25, 0.3) is 16.6 Å². The lowest BCUT2D eigenvalue weighted by atomic mass is 9.73. The average molecular weight is 530 g/mol. The van der Waals surface area contributed by atoms with Crippen LogP contribution in [-0.4, -0.2) is 38.2 Å². The molecular formula is C29H29F2N7O. The van der Waals surface area contributed by atoms with Gasteiger partial charge < -0.3 is 10.6 Å². The number of allylic oxidation sites excluding steroid dienone is 1. The van der Waals surface area contributed by atoms with Crippen LogP contribution in [0.4, 0.5) is 14.7 Å². The molecule has 7 rings (SSSR count). The number of pyridine rings is 1. The molecule has 0 radical (unpaired) electrons. The monoisotopic (exact) mass is 529 g/mol. The van der Waals surface area contributed by atoms with Gasteiger partial charge in [-0.2, -0.15) is 10.1 Å². The number of nitrogens with zero attached hydrogens (tertiary/aromatic N) is 4. The SMILES string of the molecule is Cc1cc(C(F)F)c2c(n1)CCC=C2c1[nH]nc2nc(N3CCC4(CC3)Cc3ccccc3[C@H]4N)[nH]c(=O)c12. The second-order valence-corrected chi connectivity index (χ2v) is 11.0.